The predicted molar refractivity (Wildman–Crippen MR) is 452 cm³/mol. The Kier molecular flexibility index (Phi) is 76.7. The van der Waals surface area contributed by atoms with Crippen molar-refractivity contribution in [3.8, 4) is 18.2 Å². The maximum absolute atomic E-state index is 12.0. The van der Waals surface area contributed by atoms with Crippen molar-refractivity contribution in [3.05, 3.63) is 97.6 Å². The molecule has 4 aromatic rings. The Hall–Kier alpha value is -3.35. The number of amides is 3. The molecule has 0 aromatic carbocycles. The van der Waals surface area contributed by atoms with Crippen molar-refractivity contribution in [1.82, 2.24) is 30.3 Å². The Morgan fingerprint density at radius 2 is 0.941 bits per heavy atom. The van der Waals surface area contributed by atoms with Gasteiger partial charge in [0.15, 0.2) is 0 Å². The van der Waals surface area contributed by atoms with Crippen molar-refractivity contribution in [2.24, 2.45) is 11.5 Å². The number of halogens is 2. The van der Waals surface area contributed by atoms with E-state index in [4.69, 9.17) is 81.1 Å². The molecule has 0 saturated carbocycles. The van der Waals surface area contributed by atoms with E-state index in [2.05, 4.69) is 56.1 Å². The Balaban J connectivity index is -0.000000278. The van der Waals surface area contributed by atoms with E-state index >= 15 is 0 Å². The molecule has 8 N–H and O–H groups in total. The van der Waals surface area contributed by atoms with Gasteiger partial charge in [-0.15, -0.1) is 40.3 Å². The lowest BCUT2D eigenvalue weighted by Crippen LogP contribution is -2.32. The van der Waals surface area contributed by atoms with Crippen LogP contribution in [-0.2, 0) is 33.6 Å². The summed E-state index contributed by atoms with van der Waals surface area (Å²) in [5.74, 6) is 1.65. The molecule has 4 aromatic heterocycles. The van der Waals surface area contributed by atoms with Gasteiger partial charge in [0.05, 0.1) is 41.7 Å². The van der Waals surface area contributed by atoms with Crippen LogP contribution in [0.5, 0.6) is 0 Å². The predicted octanol–water partition coefficient (Wildman–Crippen LogP) is 16.5. The fourth-order valence-corrected chi connectivity index (χ4v) is 19.4. The van der Waals surface area contributed by atoms with E-state index in [0.29, 0.717) is 44.5 Å². The van der Waals surface area contributed by atoms with Crippen LogP contribution in [0.4, 0.5) is 8.78 Å². The van der Waals surface area contributed by atoms with E-state index in [0.717, 1.165) is 78.7 Å². The summed E-state index contributed by atoms with van der Waals surface area (Å²) >= 11 is 27.7. The molecule has 1 saturated heterocycles. The molecule has 1 fully saturated rings. The van der Waals surface area contributed by atoms with E-state index in [1.807, 2.05) is 100 Å². The number of aliphatic hydroxyl groups is 1. The van der Waals surface area contributed by atoms with E-state index in [9.17, 15) is 43.3 Å². The van der Waals surface area contributed by atoms with Gasteiger partial charge in [-0.05, 0) is 149 Å². The van der Waals surface area contributed by atoms with Gasteiger partial charge in [-0.2, -0.15) is 28.4 Å². The molecule has 0 radical (unpaired) electrons. The summed E-state index contributed by atoms with van der Waals surface area (Å²) in [5.41, 5.74) is 10.3. The number of carbonyl (C=O) groups excluding carboxylic acids is 4. The molecule has 0 spiro atoms. The number of aliphatic carboxylic acids is 2. The highest BCUT2D eigenvalue weighted by molar-refractivity contribution is 8.77. The number of thiocarbonyl (C=S) groups is 3. The second-order valence-corrected chi connectivity index (χ2v) is 37.5. The number of nitriles is 3. The molecule has 3 unspecified atom stereocenters. The van der Waals surface area contributed by atoms with E-state index in [-0.39, 0.29) is 45.4 Å². The number of rotatable bonds is 29. The van der Waals surface area contributed by atoms with Crippen LogP contribution in [0, 0.1) is 34.0 Å². The van der Waals surface area contributed by atoms with Gasteiger partial charge in [0.2, 0.25) is 5.91 Å². The molecule has 21 nitrogen and oxygen atoms in total. The molecule has 3 amide bonds. The number of hydrogen-bond donors (Lipinski definition) is 7. The Morgan fingerprint density at radius 3 is 1.23 bits per heavy atom. The maximum atomic E-state index is 12.0. The minimum atomic E-state index is -1.00. The molecular weight excluding hydrogens is 1620 g/mol. The van der Waals surface area contributed by atoms with Crippen molar-refractivity contribution in [2.75, 3.05) is 75.6 Å². The number of alkyl halides is 2. The minimum Gasteiger partial charge on any atom is -0.481 e. The normalized spacial score (nSPS) is 12.3. The largest absolute Gasteiger partial charge is 0.481 e. The van der Waals surface area contributed by atoms with Crippen molar-refractivity contribution >= 4 is 231 Å². The molecule has 102 heavy (non-hydrogen) atoms. The van der Waals surface area contributed by atoms with Gasteiger partial charge in [0, 0.05) is 101 Å². The van der Waals surface area contributed by atoms with E-state index in [1.165, 1.54) is 58.8 Å². The van der Waals surface area contributed by atoms with Gasteiger partial charge in [-0.25, -0.2) is 24.7 Å². The first kappa shape index (κ1) is 105. The number of pyridine rings is 4. The van der Waals surface area contributed by atoms with Gasteiger partial charge in [-0.3, -0.25) is 32.8 Å². The number of carbonyl (C=O) groups is 6. The average Bonchev–Trinajstić information content (AvgIpc) is 1.67. The van der Waals surface area contributed by atoms with Crippen molar-refractivity contribution < 1.29 is 60.4 Å². The highest BCUT2D eigenvalue weighted by Crippen LogP contribution is 2.38. The van der Waals surface area contributed by atoms with Crippen LogP contribution in [0.25, 0.3) is 0 Å². The fourth-order valence-electron chi connectivity index (χ4n) is 5.47. The van der Waals surface area contributed by atoms with Gasteiger partial charge < -0.3 is 36.9 Å². The van der Waals surface area contributed by atoms with Gasteiger partial charge in [0.25, 0.3) is 17.8 Å². The number of carboxylic acid groups (broad SMARTS) is 2. The molecule has 3 atom stereocenters. The number of thiol groups is 1. The number of nitrogens with zero attached hydrogens (tertiary/aromatic N) is 8. The first-order chi connectivity index (χ1) is 49.1. The monoisotopic (exact) mass is 1720 g/mol. The smallest absolute Gasteiger partial charge is 0.333 e. The number of thioether (sulfide) groups is 6. The summed E-state index contributed by atoms with van der Waals surface area (Å²) in [6.45, 7) is 14.3. The summed E-state index contributed by atoms with van der Waals surface area (Å²) in [6, 6.07) is 30.0. The summed E-state index contributed by atoms with van der Waals surface area (Å²) in [6.07, 6.45) is 8.52. The third-order valence-corrected chi connectivity index (χ3v) is 24.9. The minimum absolute atomic E-state index is 0. The molecule has 1 aliphatic heterocycles. The molecule has 1 aliphatic rings. The molecule has 570 valence electrons. The summed E-state index contributed by atoms with van der Waals surface area (Å²) in [4.78, 5) is 87.4. The maximum Gasteiger partial charge on any atom is 0.333 e. The Labute approximate surface area is 675 Å². The lowest BCUT2D eigenvalue weighted by molar-refractivity contribution is -0.197. The third-order valence-electron chi connectivity index (χ3n) is 9.96. The zero-order valence-electron chi connectivity index (χ0n) is 58.9. The molecule has 5 heterocycles. The highest BCUT2D eigenvalue weighted by Gasteiger charge is 2.35. The zero-order valence-corrected chi connectivity index (χ0v) is 70.1. The topological polar surface area (TPSA) is 363 Å². The van der Waals surface area contributed by atoms with Gasteiger partial charge in [0.1, 0.15) is 44.9 Å². The standard InChI is InChI=1S/C16H21N3OS5.C13H16N2O4S3.C10H8N2S2.C9H13NO2S3.C7H10N2S2.C2H7NS.C2H4O2.2CH3F.CH4O.CH4/c1-3-22-15(21)24-16(2,12-17)8-7-13(20)18-10-11-23-25-14-6-4-5-9-19-14;1-3-21-12(20)22-13(2,8-14)7-6-11(18)19-15-9(16)4-5-10(15)17;1-3-7-11-9(5-1)13-14-10-6-2-4-8-12-10;1-3-14-8(13)15-9(2,6-10)5-4-7(11)12;8-4-6-10-11-7-3-1-2-5-9-7;3-1-2-4;1-2(3)4;3*1-2;/h4-6,9H,3,7-8,10-11H2,1-2H3,(H,18,20);3-7H2,1-2H3;1-8H;3-5H2,1-2H3,(H,11,12);1-3,5H,4,6,8H2;4H,1-3H2;1H3,(H,3,4);2*1H3;2H,1H3;1H4/i;;;;;;;2*1D;;. The lowest BCUT2D eigenvalue weighted by atomic mass is 10.1. The fraction of sp³-hybridized carbons (Fsp3) is 0.492. The number of hydrogen-bond acceptors (Lipinski definition) is 33. The van der Waals surface area contributed by atoms with Crippen LogP contribution in [0.2, 0.25) is 0 Å². The Bertz CT molecular complexity index is 3010. The van der Waals surface area contributed by atoms with Crippen LogP contribution < -0.4 is 16.8 Å². The Morgan fingerprint density at radius 1 is 0.627 bits per heavy atom. The first-order valence-electron chi connectivity index (χ1n) is 30.8. The number of aromatic nitrogens is 4. The SMILES string of the molecule is C.CC(=O)O.CCSC(=S)SC(C)(C#N)CCC(=O)NCCSSc1ccccn1.CCSC(=S)SC(C)(C#N)CCC(=O)O.CCSC(=S)SC(C)(C#N)CCC(=O)ON1C(=O)CCC1=O.CO.NCCS.NCCSSc1ccccn1.[2H]CF.[2H]CF.c1ccc(SSc2ccccn2)nc1. The summed E-state index contributed by atoms with van der Waals surface area (Å²) in [7, 11) is 8.89. The molecule has 0 aliphatic carbocycles. The lowest BCUT2D eigenvalue weighted by Gasteiger charge is -2.20. The summed E-state index contributed by atoms with van der Waals surface area (Å²) < 4.78 is 30.9. The van der Waals surface area contributed by atoms with Crippen molar-refractivity contribution in [2.45, 2.75) is 142 Å². The van der Waals surface area contributed by atoms with E-state index < -0.39 is 58.3 Å². The van der Waals surface area contributed by atoms with Crippen molar-refractivity contribution in [1.29, 1.82) is 15.8 Å². The average molecular weight is 1720 g/mol. The zero-order chi connectivity index (χ0) is 79.2. The summed E-state index contributed by atoms with van der Waals surface area (Å²) in [5, 5.41) is 58.0. The first-order valence-corrected chi connectivity index (χ1v) is 43.4. The number of nitrogens with one attached hydrogen (secondary N) is 1. The van der Waals surface area contributed by atoms with Crippen LogP contribution in [-0.4, -0.2) is 176 Å². The number of aliphatic hydroxyl groups excluding tert-OH is 1. The highest BCUT2D eigenvalue weighted by atomic mass is 33.1. The van der Waals surface area contributed by atoms with Crippen LogP contribution in [0.1, 0.15) is 110 Å². The van der Waals surface area contributed by atoms with Crippen molar-refractivity contribution in [3.63, 3.8) is 0 Å². The quantitative estimate of drug-likeness (QED) is 0.00873. The second kappa shape index (κ2) is 74.5. The molecular formula is C63H93F2N11O10S16. The molecule has 0 bridgehead atoms. The van der Waals surface area contributed by atoms with Crippen LogP contribution in [0.3, 0.4) is 0 Å². The number of carboxylic acids is 2. The van der Waals surface area contributed by atoms with Crippen LogP contribution >= 0.6 is 185 Å². The third kappa shape index (κ3) is 66.1. The van der Waals surface area contributed by atoms with Gasteiger partial charge in [-0.1, -0.05) is 146 Å². The molecule has 5 rings (SSSR count). The number of imide groups is 1. The molecule has 39 heteroatoms. The number of hydroxylamine groups is 2. The second-order valence-electron chi connectivity index (χ2n) is 18.1. The number of nitrogens with two attached hydrogens (primary N) is 2. The van der Waals surface area contributed by atoms with E-state index in [1.54, 1.807) is 115 Å². The van der Waals surface area contributed by atoms with Crippen LogP contribution in [0.15, 0.2) is 118 Å². The van der Waals surface area contributed by atoms with Gasteiger partial charge >= 0.3 is 11.9 Å².